The molecule has 0 aromatic heterocycles. The van der Waals surface area contributed by atoms with Crippen LogP contribution in [0.3, 0.4) is 0 Å². The molecule has 1 saturated heterocycles. The second-order valence-corrected chi connectivity index (χ2v) is 5.95. The number of carbonyl (C=O) groups is 4. The zero-order chi connectivity index (χ0) is 19.8. The molecule has 0 spiro atoms. The number of carbonyl (C=O) groups excluding carboxylic acids is 4. The maximum absolute atomic E-state index is 12.2. The molecule has 9 heteroatoms. The molecule has 4 amide bonds. The van der Waals surface area contributed by atoms with Crippen LogP contribution in [-0.4, -0.2) is 60.0 Å². The SMILES string of the molecule is CCN(CC)CCNC(=O)c1cccc(NC(=O)ON2C(=O)CCC2=O)c1. The molecule has 1 heterocycles. The predicted octanol–water partition coefficient (Wildman–Crippen LogP) is 1.37. The highest BCUT2D eigenvalue weighted by Crippen LogP contribution is 2.15. The van der Waals surface area contributed by atoms with Gasteiger partial charge < -0.3 is 15.1 Å². The molecule has 1 aliphatic heterocycles. The summed E-state index contributed by atoms with van der Waals surface area (Å²) in [7, 11) is 0. The molecule has 27 heavy (non-hydrogen) atoms. The van der Waals surface area contributed by atoms with Crippen LogP contribution in [0.5, 0.6) is 0 Å². The van der Waals surface area contributed by atoms with Crippen LogP contribution >= 0.6 is 0 Å². The summed E-state index contributed by atoms with van der Waals surface area (Å²) < 4.78 is 0. The van der Waals surface area contributed by atoms with Gasteiger partial charge >= 0.3 is 6.09 Å². The van der Waals surface area contributed by atoms with Gasteiger partial charge in [-0.05, 0) is 31.3 Å². The van der Waals surface area contributed by atoms with Gasteiger partial charge in [0.05, 0.1) is 0 Å². The number of benzene rings is 1. The molecule has 1 fully saturated rings. The summed E-state index contributed by atoms with van der Waals surface area (Å²) in [4.78, 5) is 53.9. The number of imide groups is 1. The fourth-order valence-corrected chi connectivity index (χ4v) is 2.59. The number of hydrogen-bond donors (Lipinski definition) is 2. The number of nitrogens with one attached hydrogen (secondary N) is 2. The molecule has 0 aliphatic carbocycles. The second-order valence-electron chi connectivity index (χ2n) is 5.95. The summed E-state index contributed by atoms with van der Waals surface area (Å²) in [6.45, 7) is 7.21. The molecule has 0 saturated carbocycles. The summed E-state index contributed by atoms with van der Waals surface area (Å²) in [5.74, 6) is -1.38. The van der Waals surface area contributed by atoms with E-state index in [2.05, 4.69) is 29.4 Å². The minimum absolute atomic E-state index is 0.0231. The molecule has 9 nitrogen and oxygen atoms in total. The molecular formula is C18H24N4O5. The summed E-state index contributed by atoms with van der Waals surface area (Å²) in [5, 5.41) is 5.69. The maximum Gasteiger partial charge on any atom is 0.436 e. The van der Waals surface area contributed by atoms with E-state index in [0.717, 1.165) is 19.6 Å². The Hall–Kier alpha value is -2.94. The standard InChI is InChI=1S/C18H24N4O5/c1-3-21(4-2)11-10-19-17(25)13-6-5-7-14(12-13)20-18(26)27-22-15(23)8-9-16(22)24/h5-7,12H,3-4,8-11H2,1-2H3,(H,19,25)(H,20,26). The molecule has 1 aromatic rings. The van der Waals surface area contributed by atoms with Crippen molar-refractivity contribution < 1.29 is 24.0 Å². The number of likely N-dealkylation sites (N-methyl/N-ethyl adjacent to an activating group) is 1. The van der Waals surface area contributed by atoms with Gasteiger partial charge in [-0.2, -0.15) is 0 Å². The summed E-state index contributed by atoms with van der Waals surface area (Å²) in [6.07, 6.45) is -0.928. The first-order chi connectivity index (χ1) is 12.9. The molecule has 2 rings (SSSR count). The number of hydroxylamine groups is 2. The summed E-state index contributed by atoms with van der Waals surface area (Å²) >= 11 is 0. The zero-order valence-electron chi connectivity index (χ0n) is 15.5. The first-order valence-electron chi connectivity index (χ1n) is 8.90. The molecule has 2 N–H and O–H groups in total. The average molecular weight is 376 g/mol. The van der Waals surface area contributed by atoms with Crippen molar-refractivity contribution in [2.75, 3.05) is 31.5 Å². The third-order valence-corrected chi connectivity index (χ3v) is 4.16. The Kier molecular flexibility index (Phi) is 7.30. The Labute approximate surface area is 157 Å². The lowest BCUT2D eigenvalue weighted by Crippen LogP contribution is -2.35. The van der Waals surface area contributed by atoms with Crippen molar-refractivity contribution in [3.63, 3.8) is 0 Å². The average Bonchev–Trinajstić information content (AvgIpc) is 2.97. The summed E-state index contributed by atoms with van der Waals surface area (Å²) in [5.41, 5.74) is 0.691. The highest BCUT2D eigenvalue weighted by Gasteiger charge is 2.32. The topological polar surface area (TPSA) is 108 Å². The lowest BCUT2D eigenvalue weighted by atomic mass is 10.2. The van der Waals surface area contributed by atoms with Gasteiger partial charge in [0, 0.05) is 37.2 Å². The van der Waals surface area contributed by atoms with Gasteiger partial charge in [-0.3, -0.25) is 19.7 Å². The molecule has 1 aliphatic rings. The minimum Gasteiger partial charge on any atom is -0.351 e. The van der Waals surface area contributed by atoms with Crippen molar-refractivity contribution in [3.05, 3.63) is 29.8 Å². The van der Waals surface area contributed by atoms with Crippen molar-refractivity contribution in [2.24, 2.45) is 0 Å². The number of rotatable bonds is 8. The zero-order valence-corrected chi connectivity index (χ0v) is 15.5. The van der Waals surface area contributed by atoms with E-state index in [1.165, 1.54) is 6.07 Å². The normalized spacial score (nSPS) is 13.8. The Morgan fingerprint density at radius 2 is 1.81 bits per heavy atom. The molecule has 1 aromatic carbocycles. The second kappa shape index (κ2) is 9.67. The van der Waals surface area contributed by atoms with Gasteiger partial charge in [0.25, 0.3) is 17.7 Å². The van der Waals surface area contributed by atoms with E-state index in [4.69, 9.17) is 4.84 Å². The van der Waals surface area contributed by atoms with Crippen molar-refractivity contribution in [1.29, 1.82) is 0 Å². The van der Waals surface area contributed by atoms with Crippen LogP contribution < -0.4 is 10.6 Å². The fraction of sp³-hybridized carbons (Fsp3) is 0.444. The van der Waals surface area contributed by atoms with Crippen molar-refractivity contribution in [3.8, 4) is 0 Å². The van der Waals surface area contributed by atoms with Gasteiger partial charge in [-0.1, -0.05) is 19.9 Å². The third kappa shape index (κ3) is 5.78. The maximum atomic E-state index is 12.2. The van der Waals surface area contributed by atoms with E-state index in [-0.39, 0.29) is 18.7 Å². The number of nitrogens with zero attached hydrogens (tertiary/aromatic N) is 2. The van der Waals surface area contributed by atoms with Crippen LogP contribution in [-0.2, 0) is 14.4 Å². The van der Waals surface area contributed by atoms with E-state index >= 15 is 0 Å². The Bertz CT molecular complexity index is 701. The lowest BCUT2D eigenvalue weighted by Gasteiger charge is -2.18. The molecule has 0 unspecified atom stereocenters. The van der Waals surface area contributed by atoms with Crippen LogP contribution in [0, 0.1) is 0 Å². The molecule has 0 bridgehead atoms. The number of anilines is 1. The highest BCUT2D eigenvalue weighted by molar-refractivity contribution is 6.02. The third-order valence-electron chi connectivity index (χ3n) is 4.16. The molecular weight excluding hydrogens is 352 g/mol. The van der Waals surface area contributed by atoms with Gasteiger partial charge in [0.15, 0.2) is 0 Å². The van der Waals surface area contributed by atoms with Crippen LogP contribution in [0.4, 0.5) is 10.5 Å². The predicted molar refractivity (Wildman–Crippen MR) is 97.8 cm³/mol. The van der Waals surface area contributed by atoms with E-state index in [9.17, 15) is 19.2 Å². The first kappa shape index (κ1) is 20.4. The smallest absolute Gasteiger partial charge is 0.351 e. The molecule has 146 valence electrons. The highest BCUT2D eigenvalue weighted by atomic mass is 16.7. The van der Waals surface area contributed by atoms with Crippen LogP contribution in [0.2, 0.25) is 0 Å². The van der Waals surface area contributed by atoms with Gasteiger partial charge in [0.2, 0.25) is 0 Å². The van der Waals surface area contributed by atoms with Crippen molar-refractivity contribution in [2.45, 2.75) is 26.7 Å². The quantitative estimate of drug-likeness (QED) is 0.664. The summed E-state index contributed by atoms with van der Waals surface area (Å²) in [6, 6.07) is 6.29. The van der Waals surface area contributed by atoms with Crippen molar-refractivity contribution >= 4 is 29.5 Å². The van der Waals surface area contributed by atoms with Crippen molar-refractivity contribution in [1.82, 2.24) is 15.3 Å². The number of hydrogen-bond acceptors (Lipinski definition) is 6. The van der Waals surface area contributed by atoms with Gasteiger partial charge in [-0.15, -0.1) is 5.06 Å². The van der Waals surface area contributed by atoms with E-state index < -0.39 is 17.9 Å². The van der Waals surface area contributed by atoms with Crippen LogP contribution in [0.1, 0.15) is 37.0 Å². The van der Waals surface area contributed by atoms with Crippen LogP contribution in [0.15, 0.2) is 24.3 Å². The fourth-order valence-electron chi connectivity index (χ4n) is 2.59. The Balaban J connectivity index is 1.88. The lowest BCUT2D eigenvalue weighted by molar-refractivity contribution is -0.170. The Morgan fingerprint density at radius 1 is 1.15 bits per heavy atom. The van der Waals surface area contributed by atoms with Crippen LogP contribution in [0.25, 0.3) is 0 Å². The Morgan fingerprint density at radius 3 is 2.44 bits per heavy atom. The minimum atomic E-state index is -0.974. The monoisotopic (exact) mass is 376 g/mol. The van der Waals surface area contributed by atoms with E-state index in [0.29, 0.717) is 22.9 Å². The van der Waals surface area contributed by atoms with Gasteiger partial charge in [-0.25, -0.2) is 4.79 Å². The molecule has 0 radical (unpaired) electrons. The number of amides is 4. The molecule has 0 atom stereocenters. The van der Waals surface area contributed by atoms with Gasteiger partial charge in [0.1, 0.15) is 0 Å². The van der Waals surface area contributed by atoms with E-state index in [1.54, 1.807) is 18.2 Å². The van der Waals surface area contributed by atoms with E-state index in [1.807, 2.05) is 0 Å². The largest absolute Gasteiger partial charge is 0.436 e. The first-order valence-corrected chi connectivity index (χ1v) is 8.90.